The number of para-hydroxylation sites is 1. The number of sulfonamides is 1. The van der Waals surface area contributed by atoms with Crippen molar-refractivity contribution in [3.63, 3.8) is 0 Å². The van der Waals surface area contributed by atoms with E-state index in [1.54, 1.807) is 37.2 Å². The Labute approximate surface area is 224 Å². The summed E-state index contributed by atoms with van der Waals surface area (Å²) in [5, 5.41) is 0.687. The van der Waals surface area contributed by atoms with E-state index in [9.17, 15) is 13.2 Å². The summed E-state index contributed by atoms with van der Waals surface area (Å²) in [4.78, 5) is 16.7. The molecular weight excluding hydrogens is 506 g/mol. The van der Waals surface area contributed by atoms with Gasteiger partial charge in [0.2, 0.25) is 15.9 Å². The molecule has 2 aliphatic heterocycles. The molecule has 2 heterocycles. The lowest BCUT2D eigenvalue weighted by Gasteiger charge is -2.28. The topological polar surface area (TPSA) is 60.9 Å². The summed E-state index contributed by atoms with van der Waals surface area (Å²) >= 11 is 6.37. The third kappa shape index (κ3) is 4.43. The summed E-state index contributed by atoms with van der Waals surface area (Å²) in [7, 11) is -0.378. The zero-order chi connectivity index (χ0) is 26.5. The third-order valence-electron chi connectivity index (χ3n) is 7.69. The van der Waals surface area contributed by atoms with Crippen LogP contribution in [0.25, 0.3) is 0 Å². The first kappa shape index (κ1) is 25.8. The van der Waals surface area contributed by atoms with Gasteiger partial charge in [-0.05, 0) is 86.2 Å². The molecule has 3 aromatic carbocycles. The van der Waals surface area contributed by atoms with Crippen LogP contribution < -0.4 is 9.80 Å². The van der Waals surface area contributed by atoms with Gasteiger partial charge in [-0.15, -0.1) is 0 Å². The van der Waals surface area contributed by atoms with Gasteiger partial charge in [-0.1, -0.05) is 35.9 Å². The van der Waals surface area contributed by atoms with E-state index >= 15 is 0 Å². The Morgan fingerprint density at radius 3 is 2.41 bits per heavy atom. The molecular formula is C29H32ClN3O3S. The quantitative estimate of drug-likeness (QED) is 0.414. The molecule has 0 N–H and O–H groups in total. The van der Waals surface area contributed by atoms with E-state index in [1.165, 1.54) is 15.4 Å². The van der Waals surface area contributed by atoms with Crippen molar-refractivity contribution in [2.45, 2.75) is 43.4 Å². The summed E-state index contributed by atoms with van der Waals surface area (Å²) < 4.78 is 28.4. The molecule has 8 heteroatoms. The van der Waals surface area contributed by atoms with Crippen molar-refractivity contribution in [1.82, 2.24) is 4.31 Å². The molecule has 2 aliphatic rings. The largest absolute Gasteiger partial charge is 0.341 e. The van der Waals surface area contributed by atoms with Crippen molar-refractivity contribution >= 4 is 44.6 Å². The van der Waals surface area contributed by atoms with Crippen LogP contribution >= 0.6 is 11.6 Å². The SMILES string of the molecule is CN1C(=O)C(C)(C)c2cc(S(=O)(=O)N(C)CCCN3c4ccccc4CCc4ccc(Cl)cc43)ccc21. The molecule has 3 aromatic rings. The van der Waals surface area contributed by atoms with Crippen LogP contribution in [-0.4, -0.2) is 45.8 Å². The predicted octanol–water partition coefficient (Wildman–Crippen LogP) is 5.54. The normalized spacial score (nSPS) is 16.4. The number of amides is 1. The lowest BCUT2D eigenvalue weighted by atomic mass is 9.86. The summed E-state index contributed by atoms with van der Waals surface area (Å²) in [5.74, 6) is -0.0384. The third-order valence-corrected chi connectivity index (χ3v) is 9.78. The van der Waals surface area contributed by atoms with Gasteiger partial charge in [0.1, 0.15) is 0 Å². The minimum atomic E-state index is -3.72. The number of hydrogen-bond acceptors (Lipinski definition) is 4. The Morgan fingerprint density at radius 2 is 1.65 bits per heavy atom. The van der Waals surface area contributed by atoms with Crippen LogP contribution in [0.5, 0.6) is 0 Å². The minimum Gasteiger partial charge on any atom is -0.341 e. The zero-order valence-electron chi connectivity index (χ0n) is 21.7. The number of nitrogens with zero attached hydrogens (tertiary/aromatic N) is 3. The Kier molecular flexibility index (Phi) is 6.59. The highest BCUT2D eigenvalue weighted by Crippen LogP contribution is 2.42. The Hall–Kier alpha value is -2.87. The maximum absolute atomic E-state index is 13.5. The van der Waals surface area contributed by atoms with Crippen molar-refractivity contribution < 1.29 is 13.2 Å². The number of hydrogen-bond donors (Lipinski definition) is 0. The number of fused-ring (bicyclic) bond motifs is 3. The summed E-state index contributed by atoms with van der Waals surface area (Å²) in [5.41, 5.74) is 5.47. The van der Waals surface area contributed by atoms with Crippen molar-refractivity contribution in [2.24, 2.45) is 0 Å². The average Bonchev–Trinajstić information content (AvgIpc) is 2.98. The number of carbonyl (C=O) groups is 1. The first-order valence-electron chi connectivity index (χ1n) is 12.5. The van der Waals surface area contributed by atoms with Crippen LogP contribution in [0.2, 0.25) is 5.02 Å². The molecule has 0 aromatic heterocycles. The van der Waals surface area contributed by atoms with E-state index in [2.05, 4.69) is 29.2 Å². The number of halogens is 1. The molecule has 37 heavy (non-hydrogen) atoms. The second-order valence-electron chi connectivity index (χ2n) is 10.4. The monoisotopic (exact) mass is 537 g/mol. The van der Waals surface area contributed by atoms with Gasteiger partial charge in [0.05, 0.1) is 10.3 Å². The standard InChI is InChI=1S/C29H32ClN3O3S/c1-29(2)24-19-23(14-15-26(24)32(4)28(29)34)37(35,36)31(3)16-7-17-33-25-9-6-5-8-20(25)10-11-21-12-13-22(30)18-27(21)33/h5-6,8-9,12-15,18-19H,7,10-11,16-17H2,1-4H3. The first-order valence-corrected chi connectivity index (χ1v) is 14.4. The van der Waals surface area contributed by atoms with Crippen LogP contribution in [0, 0.1) is 0 Å². The van der Waals surface area contributed by atoms with Gasteiger partial charge in [0.25, 0.3) is 0 Å². The van der Waals surface area contributed by atoms with E-state index in [-0.39, 0.29) is 10.8 Å². The maximum atomic E-state index is 13.5. The molecule has 0 fully saturated rings. The van der Waals surface area contributed by atoms with E-state index in [0.29, 0.717) is 24.5 Å². The molecule has 194 valence electrons. The lowest BCUT2D eigenvalue weighted by molar-refractivity contribution is -0.121. The second-order valence-corrected chi connectivity index (χ2v) is 12.9. The summed E-state index contributed by atoms with van der Waals surface area (Å²) in [6.07, 6.45) is 2.51. The van der Waals surface area contributed by atoms with E-state index < -0.39 is 15.4 Å². The predicted molar refractivity (Wildman–Crippen MR) is 150 cm³/mol. The Balaban J connectivity index is 1.36. The van der Waals surface area contributed by atoms with E-state index in [4.69, 9.17) is 11.6 Å². The fourth-order valence-corrected chi connectivity index (χ4v) is 6.89. The minimum absolute atomic E-state index is 0.0384. The lowest BCUT2D eigenvalue weighted by Crippen LogP contribution is -2.33. The van der Waals surface area contributed by atoms with Crippen molar-refractivity contribution in [3.8, 4) is 0 Å². The molecule has 0 spiro atoms. The molecule has 0 unspecified atom stereocenters. The number of anilines is 3. The van der Waals surface area contributed by atoms with E-state index in [0.717, 1.165) is 35.5 Å². The van der Waals surface area contributed by atoms with Crippen LogP contribution in [0.3, 0.4) is 0 Å². The summed E-state index contributed by atoms with van der Waals surface area (Å²) in [6.45, 7) is 4.68. The van der Waals surface area contributed by atoms with Crippen LogP contribution in [0.1, 0.15) is 37.0 Å². The number of rotatable bonds is 6. The van der Waals surface area contributed by atoms with Crippen molar-refractivity contribution in [2.75, 3.05) is 37.0 Å². The van der Waals surface area contributed by atoms with Gasteiger partial charge in [-0.2, -0.15) is 0 Å². The zero-order valence-corrected chi connectivity index (χ0v) is 23.2. The van der Waals surface area contributed by atoms with Crippen LogP contribution in [0.15, 0.2) is 65.6 Å². The molecule has 0 bridgehead atoms. The molecule has 6 nitrogen and oxygen atoms in total. The Bertz CT molecular complexity index is 1490. The van der Waals surface area contributed by atoms with Crippen LogP contribution in [-0.2, 0) is 33.1 Å². The highest BCUT2D eigenvalue weighted by atomic mass is 35.5. The number of likely N-dealkylation sites (N-methyl/N-ethyl adjacent to an activating group) is 1. The summed E-state index contributed by atoms with van der Waals surface area (Å²) in [6, 6.07) is 19.4. The molecule has 5 rings (SSSR count). The van der Waals surface area contributed by atoms with Gasteiger partial charge in [0, 0.05) is 49.3 Å². The first-order chi connectivity index (χ1) is 17.5. The molecule has 0 saturated carbocycles. The van der Waals surface area contributed by atoms with Gasteiger partial charge >= 0.3 is 0 Å². The van der Waals surface area contributed by atoms with E-state index in [1.807, 2.05) is 32.0 Å². The maximum Gasteiger partial charge on any atom is 0.242 e. The molecule has 0 aliphatic carbocycles. The van der Waals surface area contributed by atoms with Gasteiger partial charge < -0.3 is 9.80 Å². The second kappa shape index (κ2) is 9.46. The fourth-order valence-electron chi connectivity index (χ4n) is 5.49. The number of benzene rings is 3. The average molecular weight is 538 g/mol. The fraction of sp³-hybridized carbons (Fsp3) is 0.345. The van der Waals surface area contributed by atoms with Gasteiger partial charge in [-0.25, -0.2) is 12.7 Å². The molecule has 0 radical (unpaired) electrons. The highest BCUT2D eigenvalue weighted by Gasteiger charge is 2.43. The van der Waals surface area contributed by atoms with Crippen molar-refractivity contribution in [1.29, 1.82) is 0 Å². The smallest absolute Gasteiger partial charge is 0.242 e. The number of carbonyl (C=O) groups excluding carboxylic acids is 1. The molecule has 1 amide bonds. The highest BCUT2D eigenvalue weighted by molar-refractivity contribution is 7.89. The number of aryl methyl sites for hydroxylation is 2. The van der Waals surface area contributed by atoms with Crippen molar-refractivity contribution in [3.05, 3.63) is 82.4 Å². The molecule has 0 atom stereocenters. The van der Waals surface area contributed by atoms with Gasteiger partial charge in [0.15, 0.2) is 0 Å². The molecule has 0 saturated heterocycles. The Morgan fingerprint density at radius 1 is 0.946 bits per heavy atom. The van der Waals surface area contributed by atoms with Gasteiger partial charge in [-0.3, -0.25) is 4.79 Å². The van der Waals surface area contributed by atoms with Crippen LogP contribution in [0.4, 0.5) is 17.1 Å².